The summed E-state index contributed by atoms with van der Waals surface area (Å²) in [6.45, 7) is 6.35. The molecule has 0 aromatic rings. The molecule has 0 heterocycles. The molecule has 0 fully saturated rings. The van der Waals surface area contributed by atoms with Gasteiger partial charge in [0.25, 0.3) is 0 Å². The van der Waals surface area contributed by atoms with E-state index in [1.165, 1.54) is 0 Å². The first-order chi connectivity index (χ1) is 4.98. The Kier molecular flexibility index (Phi) is 4.93. The van der Waals surface area contributed by atoms with Gasteiger partial charge in [-0.2, -0.15) is 0 Å². The second kappa shape index (κ2) is 4.88. The summed E-state index contributed by atoms with van der Waals surface area (Å²) in [7, 11) is 0. The highest BCUT2D eigenvalue weighted by Gasteiger charge is 2.15. The van der Waals surface area contributed by atoms with Gasteiger partial charge in [-0.15, -0.1) is 0 Å². The summed E-state index contributed by atoms with van der Waals surface area (Å²) >= 11 is -1.87. The second-order valence-corrected chi connectivity index (χ2v) is 4.69. The molecule has 0 radical (unpaired) electrons. The smallest absolute Gasteiger partial charge is 0.0107 e. The van der Waals surface area contributed by atoms with Crippen molar-refractivity contribution in [3.05, 3.63) is 0 Å². The maximum absolute atomic E-state index is 10.3. The van der Waals surface area contributed by atoms with Crippen molar-refractivity contribution in [1.29, 1.82) is 0 Å². The van der Waals surface area contributed by atoms with Gasteiger partial charge in [-0.1, -0.05) is 38.3 Å². The summed E-state index contributed by atoms with van der Waals surface area (Å²) in [5.41, 5.74) is 0.189. The molecule has 11 heavy (non-hydrogen) atoms. The van der Waals surface area contributed by atoms with Gasteiger partial charge in [-0.3, -0.25) is 4.21 Å². The minimum Gasteiger partial charge on any atom is -0.772 e. The molecule has 1 atom stereocenters. The van der Waals surface area contributed by atoms with E-state index in [0.29, 0.717) is 5.75 Å². The molecule has 0 aromatic carbocycles. The Morgan fingerprint density at radius 3 is 2.27 bits per heavy atom. The van der Waals surface area contributed by atoms with Gasteiger partial charge in [-0.05, 0) is 18.3 Å². The normalized spacial score (nSPS) is 14.9. The van der Waals surface area contributed by atoms with Gasteiger partial charge in [0.15, 0.2) is 0 Å². The molecule has 0 aliphatic rings. The van der Waals surface area contributed by atoms with E-state index in [1.807, 2.05) is 0 Å². The monoisotopic (exact) mass is 177 g/mol. The highest BCUT2D eigenvalue weighted by molar-refractivity contribution is 7.79. The fourth-order valence-corrected chi connectivity index (χ4v) is 1.88. The molecule has 3 heteroatoms. The maximum Gasteiger partial charge on any atom is 0.0107 e. The standard InChI is InChI=1S/C8H18O2S/c1-4-5-8(2,3)6-7-11(9)10/h4-7H2,1-3H3,(H,9,10)/p-1. The van der Waals surface area contributed by atoms with E-state index in [4.69, 9.17) is 0 Å². The summed E-state index contributed by atoms with van der Waals surface area (Å²) in [6, 6.07) is 0. The topological polar surface area (TPSA) is 40.1 Å². The van der Waals surface area contributed by atoms with Crippen molar-refractivity contribution >= 4 is 11.1 Å². The Hall–Kier alpha value is 0.110. The van der Waals surface area contributed by atoms with Crippen molar-refractivity contribution in [2.45, 2.75) is 40.0 Å². The van der Waals surface area contributed by atoms with Crippen LogP contribution in [0.3, 0.4) is 0 Å². The van der Waals surface area contributed by atoms with Crippen LogP contribution in [0.1, 0.15) is 40.0 Å². The van der Waals surface area contributed by atoms with Gasteiger partial charge in [0.05, 0.1) is 0 Å². The number of hydrogen-bond donors (Lipinski definition) is 0. The van der Waals surface area contributed by atoms with Crippen LogP contribution < -0.4 is 0 Å². The van der Waals surface area contributed by atoms with Crippen LogP contribution in [0, 0.1) is 5.41 Å². The maximum atomic E-state index is 10.3. The summed E-state index contributed by atoms with van der Waals surface area (Å²) in [5.74, 6) is 0.299. The van der Waals surface area contributed by atoms with Crippen LogP contribution in [-0.4, -0.2) is 14.5 Å². The van der Waals surface area contributed by atoms with Crippen LogP contribution in [0.25, 0.3) is 0 Å². The van der Waals surface area contributed by atoms with Crippen molar-refractivity contribution in [2.24, 2.45) is 5.41 Å². The van der Waals surface area contributed by atoms with Gasteiger partial charge < -0.3 is 4.55 Å². The zero-order valence-electron chi connectivity index (χ0n) is 7.55. The third kappa shape index (κ3) is 6.51. The van der Waals surface area contributed by atoms with Crippen LogP contribution >= 0.6 is 0 Å². The first-order valence-electron chi connectivity index (χ1n) is 4.04. The predicted molar refractivity (Wildman–Crippen MR) is 47.1 cm³/mol. The van der Waals surface area contributed by atoms with E-state index < -0.39 is 11.1 Å². The lowest BCUT2D eigenvalue weighted by molar-refractivity contribution is 0.318. The fraction of sp³-hybridized carbons (Fsp3) is 1.00. The lowest BCUT2D eigenvalue weighted by Crippen LogP contribution is -2.14. The van der Waals surface area contributed by atoms with Crippen LogP contribution in [0.2, 0.25) is 0 Å². The van der Waals surface area contributed by atoms with E-state index in [0.717, 1.165) is 19.3 Å². The molecule has 68 valence electrons. The molecule has 0 saturated heterocycles. The molecule has 0 amide bonds. The number of hydrogen-bond acceptors (Lipinski definition) is 2. The average Bonchev–Trinajstić information content (AvgIpc) is 1.84. The largest absolute Gasteiger partial charge is 0.772 e. The first kappa shape index (κ1) is 11.1. The predicted octanol–water partition coefficient (Wildman–Crippen LogP) is 2.08. The van der Waals surface area contributed by atoms with Gasteiger partial charge in [0, 0.05) is 5.75 Å². The van der Waals surface area contributed by atoms with Crippen LogP contribution in [0.4, 0.5) is 0 Å². The molecule has 0 N–H and O–H groups in total. The molecular weight excluding hydrogens is 160 g/mol. The van der Waals surface area contributed by atoms with Crippen molar-refractivity contribution in [1.82, 2.24) is 0 Å². The summed E-state index contributed by atoms with van der Waals surface area (Å²) in [5, 5.41) is 0. The van der Waals surface area contributed by atoms with E-state index >= 15 is 0 Å². The third-order valence-corrected chi connectivity index (χ3v) is 2.41. The molecule has 0 spiro atoms. The first-order valence-corrected chi connectivity index (χ1v) is 5.28. The Balaban J connectivity index is 3.63. The SMILES string of the molecule is CCCC(C)(C)CCS(=O)[O-]. The fourth-order valence-electron chi connectivity index (χ4n) is 1.16. The number of rotatable bonds is 5. The Labute approximate surface area is 71.7 Å². The summed E-state index contributed by atoms with van der Waals surface area (Å²) < 4.78 is 20.5. The minimum atomic E-state index is -1.87. The van der Waals surface area contributed by atoms with Crippen molar-refractivity contribution < 1.29 is 8.76 Å². The molecule has 2 nitrogen and oxygen atoms in total. The molecule has 0 saturated carbocycles. The van der Waals surface area contributed by atoms with E-state index in [-0.39, 0.29) is 5.41 Å². The summed E-state index contributed by atoms with van der Waals surface area (Å²) in [6.07, 6.45) is 3.00. The van der Waals surface area contributed by atoms with E-state index in [2.05, 4.69) is 20.8 Å². The van der Waals surface area contributed by atoms with Crippen LogP contribution in [0.5, 0.6) is 0 Å². The molecule has 0 aliphatic carbocycles. The molecular formula is C8H17O2S-. The molecule has 0 bridgehead atoms. The average molecular weight is 177 g/mol. The van der Waals surface area contributed by atoms with Gasteiger partial charge in [0.2, 0.25) is 0 Å². The van der Waals surface area contributed by atoms with Crippen molar-refractivity contribution in [3.8, 4) is 0 Å². The molecule has 1 unspecified atom stereocenters. The van der Waals surface area contributed by atoms with Gasteiger partial charge >= 0.3 is 0 Å². The molecule has 0 aromatic heterocycles. The van der Waals surface area contributed by atoms with E-state index in [9.17, 15) is 8.76 Å². The summed E-state index contributed by atoms with van der Waals surface area (Å²) in [4.78, 5) is 0. The lowest BCUT2D eigenvalue weighted by atomic mass is 9.85. The Morgan fingerprint density at radius 1 is 1.36 bits per heavy atom. The highest BCUT2D eigenvalue weighted by atomic mass is 32.2. The van der Waals surface area contributed by atoms with Crippen molar-refractivity contribution in [3.63, 3.8) is 0 Å². The lowest BCUT2D eigenvalue weighted by Gasteiger charge is -2.24. The minimum absolute atomic E-state index is 0.189. The van der Waals surface area contributed by atoms with Gasteiger partial charge in [-0.25, -0.2) is 0 Å². The van der Waals surface area contributed by atoms with Crippen molar-refractivity contribution in [2.75, 3.05) is 5.75 Å². The zero-order chi connectivity index (χ0) is 8.91. The van der Waals surface area contributed by atoms with E-state index in [1.54, 1.807) is 0 Å². The molecule has 0 rings (SSSR count). The Bertz CT molecular complexity index is 132. The molecule has 0 aliphatic heterocycles. The van der Waals surface area contributed by atoms with Crippen LogP contribution in [0.15, 0.2) is 0 Å². The van der Waals surface area contributed by atoms with Gasteiger partial charge in [0.1, 0.15) is 0 Å². The third-order valence-electron chi connectivity index (χ3n) is 1.87. The Morgan fingerprint density at radius 2 is 1.91 bits per heavy atom. The van der Waals surface area contributed by atoms with Crippen LogP contribution in [-0.2, 0) is 11.1 Å². The highest BCUT2D eigenvalue weighted by Crippen LogP contribution is 2.26. The quantitative estimate of drug-likeness (QED) is 0.603. The second-order valence-electron chi connectivity index (χ2n) is 3.67. The zero-order valence-corrected chi connectivity index (χ0v) is 8.37.